The zero-order valence-corrected chi connectivity index (χ0v) is 15.1. The van der Waals surface area contributed by atoms with Gasteiger partial charge in [0.15, 0.2) is 0 Å². The fraction of sp³-hybridized carbons (Fsp3) is 0.0667. The number of benzene rings is 2. The molecule has 0 aromatic heterocycles. The maximum atomic E-state index is 14.0. The number of sulfonamides is 2. The van der Waals surface area contributed by atoms with Crippen LogP contribution < -0.4 is 9.86 Å². The van der Waals surface area contributed by atoms with Crippen LogP contribution in [0.25, 0.3) is 0 Å². The van der Waals surface area contributed by atoms with Crippen molar-refractivity contribution in [2.75, 3.05) is 4.72 Å². The molecule has 0 fully saturated rings. The Hall–Kier alpha value is -1.94. The van der Waals surface area contributed by atoms with Gasteiger partial charge in [-0.25, -0.2) is 26.4 Å². The van der Waals surface area contributed by atoms with E-state index < -0.39 is 36.4 Å². The Labute approximate surface area is 150 Å². The molecule has 0 bridgehead atoms. The standard InChI is InChI=1S/C15H14ClFN2O4S2/c1-10(9-11-5-7-12(16)8-6-11)25(22,23)19-15-13(17)3-2-4-14(15)24(18,20)21/h2-8,19H,1,9H2,(H2,18,20,21). The lowest BCUT2D eigenvalue weighted by Crippen LogP contribution is -2.21. The molecule has 0 spiro atoms. The van der Waals surface area contributed by atoms with Gasteiger partial charge in [0.05, 0.1) is 4.91 Å². The summed E-state index contributed by atoms with van der Waals surface area (Å²) in [4.78, 5) is -0.950. The van der Waals surface area contributed by atoms with Gasteiger partial charge in [-0.1, -0.05) is 36.4 Å². The highest BCUT2D eigenvalue weighted by Crippen LogP contribution is 2.26. The van der Waals surface area contributed by atoms with Gasteiger partial charge in [0.25, 0.3) is 10.0 Å². The van der Waals surface area contributed by atoms with Crippen molar-refractivity contribution >= 4 is 37.3 Å². The normalized spacial score (nSPS) is 12.0. The van der Waals surface area contributed by atoms with Gasteiger partial charge in [-0.2, -0.15) is 0 Å². The Morgan fingerprint density at radius 1 is 1.12 bits per heavy atom. The summed E-state index contributed by atoms with van der Waals surface area (Å²) in [5.74, 6) is -1.07. The van der Waals surface area contributed by atoms with Crippen molar-refractivity contribution < 1.29 is 21.2 Å². The summed E-state index contributed by atoms with van der Waals surface area (Å²) in [7, 11) is -8.59. The maximum absolute atomic E-state index is 14.0. The summed E-state index contributed by atoms with van der Waals surface area (Å²) in [6.07, 6.45) is -0.0638. The minimum absolute atomic E-state index is 0.0638. The number of primary sulfonamides is 1. The molecule has 2 rings (SSSR count). The topological polar surface area (TPSA) is 106 Å². The summed E-state index contributed by atoms with van der Waals surface area (Å²) in [6.45, 7) is 3.48. The summed E-state index contributed by atoms with van der Waals surface area (Å²) < 4.78 is 63.6. The minimum Gasteiger partial charge on any atom is -0.276 e. The first-order valence-electron chi connectivity index (χ1n) is 6.77. The smallest absolute Gasteiger partial charge is 0.257 e. The van der Waals surface area contributed by atoms with E-state index in [0.717, 1.165) is 18.2 Å². The van der Waals surface area contributed by atoms with E-state index >= 15 is 0 Å². The molecule has 2 aromatic carbocycles. The second-order valence-corrected chi connectivity index (χ2v) is 8.86. The third-order valence-corrected chi connectivity index (χ3v) is 5.80. The first-order chi connectivity index (χ1) is 11.5. The number of hydrogen-bond donors (Lipinski definition) is 2. The average molecular weight is 405 g/mol. The molecule has 0 aliphatic heterocycles. The first-order valence-corrected chi connectivity index (χ1v) is 10.2. The molecule has 0 saturated heterocycles. The van der Waals surface area contributed by atoms with Crippen LogP contribution in [0, 0.1) is 5.82 Å². The Kier molecular flexibility index (Phi) is 5.52. The van der Waals surface area contributed by atoms with Crippen molar-refractivity contribution in [3.63, 3.8) is 0 Å². The summed E-state index contributed by atoms with van der Waals surface area (Å²) in [6, 6.07) is 9.41. The Morgan fingerprint density at radius 3 is 2.28 bits per heavy atom. The van der Waals surface area contributed by atoms with Crippen LogP contribution in [0.5, 0.6) is 0 Å². The van der Waals surface area contributed by atoms with E-state index in [2.05, 4.69) is 6.58 Å². The largest absolute Gasteiger partial charge is 0.276 e. The van der Waals surface area contributed by atoms with Crippen LogP contribution in [0.1, 0.15) is 5.56 Å². The molecule has 0 unspecified atom stereocenters. The van der Waals surface area contributed by atoms with Crippen LogP contribution in [-0.2, 0) is 26.5 Å². The highest BCUT2D eigenvalue weighted by atomic mass is 35.5. The van der Waals surface area contributed by atoms with E-state index in [9.17, 15) is 21.2 Å². The zero-order valence-electron chi connectivity index (χ0n) is 12.7. The number of para-hydroxylation sites is 1. The second-order valence-electron chi connectivity index (χ2n) is 5.11. The van der Waals surface area contributed by atoms with Gasteiger partial charge in [-0.05, 0) is 29.8 Å². The van der Waals surface area contributed by atoms with E-state index in [0.29, 0.717) is 10.6 Å². The van der Waals surface area contributed by atoms with Crippen molar-refractivity contribution in [1.29, 1.82) is 0 Å². The fourth-order valence-electron chi connectivity index (χ4n) is 1.97. The van der Waals surface area contributed by atoms with Crippen molar-refractivity contribution in [2.24, 2.45) is 5.14 Å². The Morgan fingerprint density at radius 2 is 1.72 bits per heavy atom. The van der Waals surface area contributed by atoms with Gasteiger partial charge in [0.1, 0.15) is 16.4 Å². The molecule has 0 aliphatic carbocycles. The molecule has 6 nitrogen and oxygen atoms in total. The van der Waals surface area contributed by atoms with Gasteiger partial charge >= 0.3 is 0 Å². The molecule has 0 amide bonds. The van der Waals surface area contributed by atoms with Crippen LogP contribution in [0.15, 0.2) is 58.8 Å². The molecular formula is C15H14ClFN2O4S2. The minimum atomic E-state index is -4.33. The fourth-order valence-corrected chi connectivity index (χ4v) is 3.84. The monoisotopic (exact) mass is 404 g/mol. The molecule has 0 aliphatic rings. The highest BCUT2D eigenvalue weighted by Gasteiger charge is 2.24. The van der Waals surface area contributed by atoms with Gasteiger partial charge in [0.2, 0.25) is 10.0 Å². The number of nitrogens with one attached hydrogen (secondary N) is 1. The summed E-state index contributed by atoms with van der Waals surface area (Å²) >= 11 is 5.76. The first kappa shape index (κ1) is 19.4. The number of rotatable bonds is 6. The summed E-state index contributed by atoms with van der Waals surface area (Å²) in [5.41, 5.74) is -0.137. The quantitative estimate of drug-likeness (QED) is 0.771. The number of allylic oxidation sites excluding steroid dienone is 1. The third-order valence-electron chi connectivity index (χ3n) is 3.21. The predicted octanol–water partition coefficient (Wildman–Crippen LogP) is 2.62. The van der Waals surface area contributed by atoms with E-state index in [1.807, 2.05) is 4.72 Å². The number of hydrogen-bond acceptors (Lipinski definition) is 4. The van der Waals surface area contributed by atoms with Crippen molar-refractivity contribution in [3.05, 3.63) is 70.4 Å². The molecule has 134 valence electrons. The van der Waals surface area contributed by atoms with E-state index in [1.165, 1.54) is 0 Å². The average Bonchev–Trinajstić information content (AvgIpc) is 2.50. The summed E-state index contributed by atoms with van der Waals surface area (Å²) in [5, 5.41) is 5.48. The molecular weight excluding hydrogens is 391 g/mol. The lowest BCUT2D eigenvalue weighted by atomic mass is 10.1. The van der Waals surface area contributed by atoms with Crippen LogP contribution in [0.2, 0.25) is 5.02 Å². The number of nitrogens with two attached hydrogens (primary N) is 1. The van der Waals surface area contributed by atoms with Gasteiger partial charge in [-0.3, -0.25) is 4.72 Å². The number of halogens is 2. The van der Waals surface area contributed by atoms with Gasteiger partial charge in [-0.15, -0.1) is 0 Å². The van der Waals surface area contributed by atoms with E-state index in [-0.39, 0.29) is 11.3 Å². The van der Waals surface area contributed by atoms with Crippen LogP contribution in [-0.4, -0.2) is 16.8 Å². The SMILES string of the molecule is C=C(Cc1ccc(Cl)cc1)S(=O)(=O)Nc1c(F)cccc1S(N)(=O)=O. The maximum Gasteiger partial charge on any atom is 0.257 e. The lowest BCUT2D eigenvalue weighted by molar-refractivity contribution is 0.593. The molecule has 2 aromatic rings. The Balaban J connectivity index is 2.33. The molecule has 25 heavy (non-hydrogen) atoms. The molecule has 0 saturated carbocycles. The van der Waals surface area contributed by atoms with Crippen LogP contribution in [0.4, 0.5) is 10.1 Å². The molecule has 0 heterocycles. The molecule has 0 radical (unpaired) electrons. The number of anilines is 1. The highest BCUT2D eigenvalue weighted by molar-refractivity contribution is 7.96. The van der Waals surface area contributed by atoms with Gasteiger partial charge < -0.3 is 0 Å². The van der Waals surface area contributed by atoms with E-state index in [4.69, 9.17) is 16.7 Å². The predicted molar refractivity (Wildman–Crippen MR) is 94.6 cm³/mol. The molecule has 3 N–H and O–H groups in total. The van der Waals surface area contributed by atoms with Crippen LogP contribution >= 0.6 is 11.6 Å². The van der Waals surface area contributed by atoms with Crippen molar-refractivity contribution in [2.45, 2.75) is 11.3 Å². The zero-order chi connectivity index (χ0) is 18.8. The van der Waals surface area contributed by atoms with Gasteiger partial charge in [0, 0.05) is 11.4 Å². The molecule has 10 heteroatoms. The van der Waals surface area contributed by atoms with Crippen molar-refractivity contribution in [1.82, 2.24) is 0 Å². The lowest BCUT2D eigenvalue weighted by Gasteiger charge is -2.14. The Bertz CT molecular complexity index is 1020. The third kappa shape index (κ3) is 4.79. The van der Waals surface area contributed by atoms with Crippen LogP contribution in [0.3, 0.4) is 0 Å². The van der Waals surface area contributed by atoms with E-state index in [1.54, 1.807) is 24.3 Å². The van der Waals surface area contributed by atoms with Crippen molar-refractivity contribution in [3.8, 4) is 0 Å². The second kappa shape index (κ2) is 7.12. The molecule has 0 atom stereocenters.